The fourth-order valence-electron chi connectivity index (χ4n) is 3.44. The normalized spacial score (nSPS) is 23.8. The van der Waals surface area contributed by atoms with Gasteiger partial charge in [-0.1, -0.05) is 0 Å². The zero-order chi connectivity index (χ0) is 17.3. The molecule has 2 N–H and O–H groups in total. The van der Waals surface area contributed by atoms with Crippen molar-refractivity contribution in [1.29, 1.82) is 0 Å². The van der Waals surface area contributed by atoms with E-state index in [-0.39, 0.29) is 16.6 Å². The zero-order valence-electron chi connectivity index (χ0n) is 13.9. The molecular weight excluding hydrogens is 330 g/mol. The molecule has 1 amide bonds. The number of hydrogen-bond acceptors (Lipinski definition) is 5. The second-order valence-electron chi connectivity index (χ2n) is 6.25. The number of nitrogens with one attached hydrogen (secondary N) is 2. The summed E-state index contributed by atoms with van der Waals surface area (Å²) < 4.78 is 31.7. The lowest BCUT2D eigenvalue weighted by molar-refractivity contribution is 0.0748. The monoisotopic (exact) mass is 353 g/mol. The molecule has 8 heteroatoms. The number of sulfonamides is 1. The molecule has 2 heterocycles. The lowest BCUT2D eigenvalue weighted by Crippen LogP contribution is -2.39. The van der Waals surface area contributed by atoms with Gasteiger partial charge in [-0.05, 0) is 44.5 Å². The van der Waals surface area contributed by atoms with Crippen molar-refractivity contribution in [3.05, 3.63) is 23.8 Å². The largest absolute Gasteiger partial charge is 0.495 e. The van der Waals surface area contributed by atoms with Crippen LogP contribution in [0.1, 0.15) is 29.6 Å². The first kappa shape index (κ1) is 17.2. The fourth-order valence-corrected chi connectivity index (χ4v) is 4.36. The van der Waals surface area contributed by atoms with E-state index in [1.54, 1.807) is 6.07 Å². The standard InChI is InChI=1S/C16H23N3O4S/c1-17-24(21,22)15-9-11(3-6-14(15)23-2)16(20)19-8-7-12-4-5-13(10-19)18-12/h3,6,9,12-13,17-18H,4-5,7-8,10H2,1-2H3. The Kier molecular flexibility index (Phi) is 4.80. The van der Waals surface area contributed by atoms with Gasteiger partial charge in [-0.25, -0.2) is 13.1 Å². The Morgan fingerprint density at radius 3 is 2.75 bits per heavy atom. The van der Waals surface area contributed by atoms with Crippen molar-refractivity contribution < 1.29 is 17.9 Å². The molecule has 1 aromatic carbocycles. The molecule has 2 atom stereocenters. The predicted octanol–water partition coefficient (Wildman–Crippen LogP) is 0.570. The van der Waals surface area contributed by atoms with E-state index in [1.165, 1.54) is 32.7 Å². The lowest BCUT2D eigenvalue weighted by atomic mass is 10.1. The number of methoxy groups -OCH3 is 1. The van der Waals surface area contributed by atoms with E-state index in [0.717, 1.165) is 12.8 Å². The van der Waals surface area contributed by atoms with E-state index in [0.29, 0.717) is 30.7 Å². The maximum absolute atomic E-state index is 12.8. The Hall–Kier alpha value is -1.64. The molecule has 24 heavy (non-hydrogen) atoms. The van der Waals surface area contributed by atoms with Crippen molar-refractivity contribution in [3.8, 4) is 5.75 Å². The average molecular weight is 353 g/mol. The van der Waals surface area contributed by atoms with Crippen molar-refractivity contribution >= 4 is 15.9 Å². The molecule has 132 valence electrons. The van der Waals surface area contributed by atoms with Crippen LogP contribution in [0.4, 0.5) is 0 Å². The van der Waals surface area contributed by atoms with Crippen molar-refractivity contribution in [2.45, 2.75) is 36.2 Å². The number of carbonyl (C=O) groups is 1. The molecule has 0 spiro atoms. The first-order valence-electron chi connectivity index (χ1n) is 8.11. The number of carbonyl (C=O) groups excluding carboxylic acids is 1. The van der Waals surface area contributed by atoms with E-state index in [1.807, 2.05) is 4.90 Å². The minimum Gasteiger partial charge on any atom is -0.495 e. The molecule has 2 unspecified atom stereocenters. The smallest absolute Gasteiger partial charge is 0.253 e. The molecule has 2 aliphatic rings. The van der Waals surface area contributed by atoms with Gasteiger partial charge in [0.25, 0.3) is 5.91 Å². The molecule has 1 aromatic rings. The maximum atomic E-state index is 12.8. The van der Waals surface area contributed by atoms with Crippen molar-refractivity contribution in [2.24, 2.45) is 0 Å². The van der Waals surface area contributed by atoms with Gasteiger partial charge in [-0.2, -0.15) is 0 Å². The summed E-state index contributed by atoms with van der Waals surface area (Å²) in [5.41, 5.74) is 0.363. The SMILES string of the molecule is CNS(=O)(=O)c1cc(C(=O)N2CCC3CCC(C2)N3)ccc1OC. The number of nitrogens with zero attached hydrogens (tertiary/aromatic N) is 1. The highest BCUT2D eigenvalue weighted by atomic mass is 32.2. The molecule has 2 saturated heterocycles. The van der Waals surface area contributed by atoms with Crippen LogP contribution in [0.2, 0.25) is 0 Å². The number of hydrogen-bond donors (Lipinski definition) is 2. The molecule has 3 rings (SSSR count). The third kappa shape index (κ3) is 3.26. The lowest BCUT2D eigenvalue weighted by Gasteiger charge is -2.24. The van der Waals surface area contributed by atoms with Crippen LogP contribution in [0.5, 0.6) is 5.75 Å². The predicted molar refractivity (Wildman–Crippen MR) is 89.7 cm³/mol. The molecule has 2 fully saturated rings. The Bertz CT molecular complexity index is 735. The summed E-state index contributed by atoms with van der Waals surface area (Å²) in [6, 6.07) is 5.36. The number of benzene rings is 1. The summed E-state index contributed by atoms with van der Waals surface area (Å²) in [5.74, 6) is 0.0806. The van der Waals surface area contributed by atoms with Crippen LogP contribution in [0.25, 0.3) is 0 Å². The number of amides is 1. The van der Waals surface area contributed by atoms with Gasteiger partial charge in [0.2, 0.25) is 10.0 Å². The highest BCUT2D eigenvalue weighted by Gasteiger charge is 2.32. The number of ether oxygens (including phenoxy) is 1. The van der Waals surface area contributed by atoms with Gasteiger partial charge in [0, 0.05) is 30.7 Å². The minimum absolute atomic E-state index is 0.0205. The highest BCUT2D eigenvalue weighted by Crippen LogP contribution is 2.26. The zero-order valence-corrected chi connectivity index (χ0v) is 14.7. The third-order valence-electron chi connectivity index (χ3n) is 4.78. The van der Waals surface area contributed by atoms with Crippen molar-refractivity contribution in [3.63, 3.8) is 0 Å². The quantitative estimate of drug-likeness (QED) is 0.826. The van der Waals surface area contributed by atoms with Gasteiger partial charge in [0.05, 0.1) is 7.11 Å². The summed E-state index contributed by atoms with van der Waals surface area (Å²) in [6.07, 6.45) is 3.18. The molecule has 0 saturated carbocycles. The van der Waals surface area contributed by atoms with Crippen LogP contribution in [0.3, 0.4) is 0 Å². The van der Waals surface area contributed by atoms with Crippen molar-refractivity contribution in [1.82, 2.24) is 14.9 Å². The second-order valence-corrected chi connectivity index (χ2v) is 8.11. The minimum atomic E-state index is -3.70. The first-order chi connectivity index (χ1) is 11.4. The highest BCUT2D eigenvalue weighted by molar-refractivity contribution is 7.89. The molecule has 0 radical (unpaired) electrons. The summed E-state index contributed by atoms with van der Waals surface area (Å²) >= 11 is 0. The average Bonchev–Trinajstić information content (AvgIpc) is 2.92. The Morgan fingerprint density at radius 1 is 1.29 bits per heavy atom. The van der Waals surface area contributed by atoms with E-state index in [2.05, 4.69) is 10.0 Å². The van der Waals surface area contributed by atoms with Gasteiger partial charge in [0.15, 0.2) is 0 Å². The van der Waals surface area contributed by atoms with Crippen LogP contribution < -0.4 is 14.8 Å². The summed E-state index contributed by atoms with van der Waals surface area (Å²) in [5, 5.41) is 3.53. The Labute approximate surface area is 142 Å². The Morgan fingerprint density at radius 2 is 2.04 bits per heavy atom. The van der Waals surface area contributed by atoms with Crippen molar-refractivity contribution in [2.75, 3.05) is 27.2 Å². The maximum Gasteiger partial charge on any atom is 0.253 e. The molecule has 0 aliphatic carbocycles. The van der Waals surface area contributed by atoms with Crippen LogP contribution in [0.15, 0.2) is 23.1 Å². The summed E-state index contributed by atoms with van der Waals surface area (Å²) in [6.45, 7) is 1.35. The summed E-state index contributed by atoms with van der Waals surface area (Å²) in [7, 11) is -0.962. The molecular formula is C16H23N3O4S. The van der Waals surface area contributed by atoms with Gasteiger partial charge in [-0.15, -0.1) is 0 Å². The van der Waals surface area contributed by atoms with E-state index >= 15 is 0 Å². The fraction of sp³-hybridized carbons (Fsp3) is 0.562. The number of likely N-dealkylation sites (tertiary alicyclic amines) is 1. The second kappa shape index (κ2) is 6.70. The van der Waals surface area contributed by atoms with Crippen LogP contribution in [0, 0.1) is 0 Å². The first-order valence-corrected chi connectivity index (χ1v) is 9.60. The van der Waals surface area contributed by atoms with Gasteiger partial charge in [-0.3, -0.25) is 4.79 Å². The molecule has 2 aliphatic heterocycles. The molecule has 7 nitrogen and oxygen atoms in total. The van der Waals surface area contributed by atoms with Crippen LogP contribution in [-0.4, -0.2) is 58.6 Å². The Balaban J connectivity index is 1.88. The van der Waals surface area contributed by atoms with E-state index < -0.39 is 10.0 Å². The molecule has 2 bridgehead atoms. The van der Waals surface area contributed by atoms with E-state index in [4.69, 9.17) is 4.74 Å². The summed E-state index contributed by atoms with van der Waals surface area (Å²) in [4.78, 5) is 14.6. The van der Waals surface area contributed by atoms with Crippen LogP contribution >= 0.6 is 0 Å². The topological polar surface area (TPSA) is 87.7 Å². The van der Waals surface area contributed by atoms with Crippen LogP contribution in [-0.2, 0) is 10.0 Å². The number of fused-ring (bicyclic) bond motifs is 2. The third-order valence-corrected chi connectivity index (χ3v) is 6.21. The number of rotatable bonds is 4. The van der Waals surface area contributed by atoms with Gasteiger partial charge < -0.3 is 15.0 Å². The van der Waals surface area contributed by atoms with Gasteiger partial charge in [0.1, 0.15) is 10.6 Å². The van der Waals surface area contributed by atoms with E-state index in [9.17, 15) is 13.2 Å². The van der Waals surface area contributed by atoms with Gasteiger partial charge >= 0.3 is 0 Å². The molecule has 0 aromatic heterocycles.